The highest BCUT2D eigenvalue weighted by Crippen LogP contribution is 2.34. The average Bonchev–Trinajstić information content (AvgIpc) is 3.21. The quantitative estimate of drug-likeness (QED) is 0.642. The van der Waals surface area contributed by atoms with Gasteiger partial charge in [0.2, 0.25) is 5.88 Å². The van der Waals surface area contributed by atoms with Gasteiger partial charge in [-0.2, -0.15) is 15.0 Å². The van der Waals surface area contributed by atoms with Gasteiger partial charge in [0.25, 0.3) is 5.91 Å². The Morgan fingerprint density at radius 1 is 1.12 bits per heavy atom. The second kappa shape index (κ2) is 8.88. The highest BCUT2D eigenvalue weighted by Gasteiger charge is 2.35. The van der Waals surface area contributed by atoms with Crippen LogP contribution in [0.15, 0.2) is 36.7 Å². The second-order valence-electron chi connectivity index (χ2n) is 8.87. The van der Waals surface area contributed by atoms with Crippen LogP contribution in [-0.4, -0.2) is 67.8 Å². The maximum absolute atomic E-state index is 14.4. The second-order valence-corrected chi connectivity index (χ2v) is 8.87. The molecular formula is C25H25FN6O2. The topological polar surface area (TPSA) is 98.3 Å². The lowest BCUT2D eigenvalue weighted by Crippen LogP contribution is -2.61. The third-order valence-corrected chi connectivity index (χ3v) is 6.81. The Morgan fingerprint density at radius 3 is 2.56 bits per heavy atom. The Kier molecular flexibility index (Phi) is 5.75. The molecule has 0 spiro atoms. The number of aromatic hydroxyl groups is 1. The Bertz CT molecular complexity index is 1270. The summed E-state index contributed by atoms with van der Waals surface area (Å²) in [7, 11) is 0. The maximum atomic E-state index is 14.4. The van der Waals surface area contributed by atoms with Crippen LogP contribution >= 0.6 is 0 Å². The summed E-state index contributed by atoms with van der Waals surface area (Å²) in [6.45, 7) is 5.27. The number of aromatic nitrogens is 3. The fourth-order valence-electron chi connectivity index (χ4n) is 4.72. The molecule has 2 aliphatic rings. The number of likely N-dealkylation sites (tertiary alicyclic amines) is 2. The van der Waals surface area contributed by atoms with Gasteiger partial charge in [-0.1, -0.05) is 12.5 Å². The first-order valence-electron chi connectivity index (χ1n) is 11.4. The minimum atomic E-state index is -0.623. The van der Waals surface area contributed by atoms with E-state index in [4.69, 9.17) is 5.26 Å². The molecule has 1 amide bonds. The van der Waals surface area contributed by atoms with Gasteiger partial charge in [-0.25, -0.2) is 9.37 Å². The molecule has 2 aromatic heterocycles. The summed E-state index contributed by atoms with van der Waals surface area (Å²) in [5.41, 5.74) is 1.44. The summed E-state index contributed by atoms with van der Waals surface area (Å²) in [6, 6.07) is 8.51. The number of rotatable bonds is 4. The molecule has 0 saturated carbocycles. The molecule has 4 heterocycles. The number of benzene rings is 1. The number of pyridine rings is 1. The summed E-state index contributed by atoms with van der Waals surface area (Å²) >= 11 is 0. The van der Waals surface area contributed by atoms with Crippen molar-refractivity contribution in [2.24, 2.45) is 0 Å². The van der Waals surface area contributed by atoms with Crippen LogP contribution in [0.5, 0.6) is 5.88 Å². The average molecular weight is 461 g/mol. The molecule has 174 valence electrons. The molecular weight excluding hydrogens is 435 g/mol. The molecule has 0 radical (unpaired) electrons. The molecule has 3 aromatic rings. The number of hydrogen-bond donors (Lipinski definition) is 1. The van der Waals surface area contributed by atoms with Gasteiger partial charge in [-0.05, 0) is 62.2 Å². The third-order valence-electron chi connectivity index (χ3n) is 6.81. The summed E-state index contributed by atoms with van der Waals surface area (Å²) < 4.78 is 15.6. The van der Waals surface area contributed by atoms with E-state index in [1.165, 1.54) is 42.4 Å². The molecule has 2 aliphatic heterocycles. The first-order chi connectivity index (χ1) is 16.5. The van der Waals surface area contributed by atoms with Crippen molar-refractivity contribution < 1.29 is 14.3 Å². The summed E-state index contributed by atoms with van der Waals surface area (Å²) in [5.74, 6) is -0.546. The first kappa shape index (κ1) is 22.0. The van der Waals surface area contributed by atoms with Crippen LogP contribution in [0.25, 0.3) is 16.9 Å². The van der Waals surface area contributed by atoms with Crippen molar-refractivity contribution in [1.82, 2.24) is 24.6 Å². The van der Waals surface area contributed by atoms with E-state index < -0.39 is 5.82 Å². The standard InChI is InChI=1S/C25H25FN6O2/c1-16-20(7-5-17(11-27)23(16)26)21-13-29-32(25(21)34)22-8-6-18(12-28-22)24(33)31-14-19(15-31)30-9-3-2-4-10-30/h5-8,12-13,19,34H,2-4,9-10,14-15H2,1H3. The minimum absolute atomic E-state index is 0.0543. The van der Waals surface area contributed by atoms with Crippen molar-refractivity contribution in [3.63, 3.8) is 0 Å². The van der Waals surface area contributed by atoms with E-state index in [-0.39, 0.29) is 22.9 Å². The van der Waals surface area contributed by atoms with Gasteiger partial charge in [-0.15, -0.1) is 0 Å². The molecule has 0 aliphatic carbocycles. The lowest BCUT2D eigenvalue weighted by molar-refractivity contribution is 0.0203. The van der Waals surface area contributed by atoms with Crippen LogP contribution in [-0.2, 0) is 0 Å². The minimum Gasteiger partial charge on any atom is -0.493 e. The molecule has 8 nitrogen and oxygen atoms in total. The zero-order chi connectivity index (χ0) is 23.8. The van der Waals surface area contributed by atoms with Crippen LogP contribution in [0.1, 0.15) is 40.7 Å². The van der Waals surface area contributed by atoms with Gasteiger partial charge in [0.05, 0.1) is 22.9 Å². The fraction of sp³-hybridized carbons (Fsp3) is 0.360. The molecule has 1 aromatic carbocycles. The van der Waals surface area contributed by atoms with Gasteiger partial charge in [0.1, 0.15) is 11.9 Å². The van der Waals surface area contributed by atoms with E-state index in [1.807, 2.05) is 11.0 Å². The van der Waals surface area contributed by atoms with E-state index in [2.05, 4.69) is 15.0 Å². The maximum Gasteiger partial charge on any atom is 0.255 e. The molecule has 1 N–H and O–H groups in total. The molecule has 2 fully saturated rings. The number of nitriles is 1. The predicted octanol–water partition coefficient (Wildman–Crippen LogP) is 3.27. The highest BCUT2D eigenvalue weighted by atomic mass is 19.1. The molecule has 0 bridgehead atoms. The zero-order valence-corrected chi connectivity index (χ0v) is 18.9. The summed E-state index contributed by atoms with van der Waals surface area (Å²) in [4.78, 5) is 21.5. The van der Waals surface area contributed by atoms with Gasteiger partial charge in [0.15, 0.2) is 5.82 Å². The highest BCUT2D eigenvalue weighted by molar-refractivity contribution is 5.94. The van der Waals surface area contributed by atoms with Gasteiger partial charge in [-0.3, -0.25) is 9.69 Å². The molecule has 34 heavy (non-hydrogen) atoms. The Hall–Kier alpha value is -3.77. The van der Waals surface area contributed by atoms with Crippen molar-refractivity contribution in [3.8, 4) is 28.9 Å². The van der Waals surface area contributed by atoms with Crippen LogP contribution in [0.4, 0.5) is 4.39 Å². The van der Waals surface area contributed by atoms with E-state index >= 15 is 0 Å². The zero-order valence-electron chi connectivity index (χ0n) is 18.9. The number of carbonyl (C=O) groups excluding carboxylic acids is 1. The van der Waals surface area contributed by atoms with Gasteiger partial charge in [0, 0.05) is 25.3 Å². The fourth-order valence-corrected chi connectivity index (χ4v) is 4.72. The molecule has 0 unspecified atom stereocenters. The molecule has 9 heteroatoms. The van der Waals surface area contributed by atoms with Crippen molar-refractivity contribution >= 4 is 5.91 Å². The van der Waals surface area contributed by atoms with E-state index in [0.717, 1.165) is 26.2 Å². The number of nitrogens with zero attached hydrogens (tertiary/aromatic N) is 6. The predicted molar refractivity (Wildman–Crippen MR) is 123 cm³/mol. The molecule has 5 rings (SSSR count). The Morgan fingerprint density at radius 2 is 1.88 bits per heavy atom. The van der Waals surface area contributed by atoms with Crippen LogP contribution < -0.4 is 0 Å². The summed E-state index contributed by atoms with van der Waals surface area (Å²) in [6.07, 6.45) is 6.67. The number of carbonyl (C=O) groups is 1. The van der Waals surface area contributed by atoms with Crippen molar-refractivity contribution in [1.29, 1.82) is 5.26 Å². The number of halogens is 1. The van der Waals surface area contributed by atoms with Crippen LogP contribution in [0, 0.1) is 24.1 Å². The Balaban J connectivity index is 1.30. The summed E-state index contributed by atoms with van der Waals surface area (Å²) in [5, 5.41) is 23.9. The van der Waals surface area contributed by atoms with Gasteiger partial charge >= 0.3 is 0 Å². The Labute approximate surface area is 196 Å². The van der Waals surface area contributed by atoms with Crippen molar-refractivity contribution in [2.45, 2.75) is 32.2 Å². The normalized spacial score (nSPS) is 16.8. The SMILES string of the molecule is Cc1c(-c2cnn(-c3ccc(C(=O)N4CC(N5CCCCC5)C4)cn3)c2O)ccc(C#N)c1F. The van der Waals surface area contributed by atoms with Crippen LogP contribution in [0.2, 0.25) is 0 Å². The van der Waals surface area contributed by atoms with E-state index in [0.29, 0.717) is 28.6 Å². The van der Waals surface area contributed by atoms with Crippen molar-refractivity contribution in [3.05, 3.63) is 59.2 Å². The first-order valence-corrected chi connectivity index (χ1v) is 11.4. The molecule has 2 saturated heterocycles. The van der Waals surface area contributed by atoms with Crippen LogP contribution in [0.3, 0.4) is 0 Å². The lowest BCUT2D eigenvalue weighted by atomic mass is 10.00. The van der Waals surface area contributed by atoms with E-state index in [1.54, 1.807) is 25.1 Å². The third kappa shape index (κ3) is 3.80. The van der Waals surface area contributed by atoms with Crippen molar-refractivity contribution in [2.75, 3.05) is 26.2 Å². The van der Waals surface area contributed by atoms with Gasteiger partial charge < -0.3 is 10.0 Å². The number of piperidine rings is 1. The monoisotopic (exact) mass is 460 g/mol. The smallest absolute Gasteiger partial charge is 0.255 e. The largest absolute Gasteiger partial charge is 0.493 e. The lowest BCUT2D eigenvalue weighted by Gasteiger charge is -2.46. The molecule has 0 atom stereocenters. The number of amides is 1. The van der Waals surface area contributed by atoms with E-state index in [9.17, 15) is 14.3 Å². The number of hydrogen-bond acceptors (Lipinski definition) is 6.